The third-order valence-corrected chi connectivity index (χ3v) is 5.13. The molecule has 6 nitrogen and oxygen atoms in total. The van der Waals surface area contributed by atoms with Crippen molar-refractivity contribution in [2.24, 2.45) is 0 Å². The zero-order valence-corrected chi connectivity index (χ0v) is 15.5. The minimum atomic E-state index is -0.197. The van der Waals surface area contributed by atoms with E-state index in [-0.39, 0.29) is 11.5 Å². The molecule has 130 valence electrons. The van der Waals surface area contributed by atoms with Crippen LogP contribution in [0, 0.1) is 6.92 Å². The number of fused-ring (bicyclic) bond motifs is 1. The fraction of sp³-hybridized carbons (Fsp3) is 0.278. The van der Waals surface area contributed by atoms with Gasteiger partial charge in [-0.1, -0.05) is 18.2 Å². The molecule has 2 aromatic heterocycles. The van der Waals surface area contributed by atoms with Crippen molar-refractivity contribution >= 4 is 33.1 Å². The summed E-state index contributed by atoms with van der Waals surface area (Å²) in [5, 5.41) is 0.498. The van der Waals surface area contributed by atoms with Crippen molar-refractivity contribution in [3.8, 4) is 0 Å². The highest BCUT2D eigenvalue weighted by Gasteiger charge is 2.22. The van der Waals surface area contributed by atoms with Gasteiger partial charge in [0.25, 0.3) is 11.5 Å². The van der Waals surface area contributed by atoms with E-state index in [2.05, 4.69) is 9.97 Å². The number of benzene rings is 1. The molecule has 0 saturated carbocycles. The van der Waals surface area contributed by atoms with Crippen molar-refractivity contribution in [1.29, 1.82) is 0 Å². The Kier molecular flexibility index (Phi) is 4.69. The van der Waals surface area contributed by atoms with E-state index in [1.54, 1.807) is 18.9 Å². The van der Waals surface area contributed by atoms with Crippen molar-refractivity contribution in [3.05, 3.63) is 57.0 Å². The zero-order valence-electron chi connectivity index (χ0n) is 14.7. The first kappa shape index (κ1) is 17.3. The normalized spacial score (nSPS) is 11.2. The first-order valence-electron chi connectivity index (χ1n) is 7.88. The van der Waals surface area contributed by atoms with Gasteiger partial charge in [-0.15, -0.1) is 11.3 Å². The van der Waals surface area contributed by atoms with Gasteiger partial charge in [0, 0.05) is 12.7 Å². The smallest absolute Gasteiger partial charge is 0.268 e. The first-order chi connectivity index (χ1) is 11.9. The monoisotopic (exact) mass is 356 g/mol. The Morgan fingerprint density at radius 2 is 1.88 bits per heavy atom. The third kappa shape index (κ3) is 3.33. The molecule has 0 spiro atoms. The van der Waals surface area contributed by atoms with Gasteiger partial charge >= 0.3 is 0 Å². The van der Waals surface area contributed by atoms with Gasteiger partial charge in [0.15, 0.2) is 0 Å². The van der Waals surface area contributed by atoms with Gasteiger partial charge in [-0.3, -0.25) is 9.59 Å². The Hall–Kier alpha value is -2.51. The SMILES string of the molecule is Cc1c(C(=O)N(C)c2ccccc2)sc2nc(CN(C)C)[nH]c(=O)c12. The summed E-state index contributed by atoms with van der Waals surface area (Å²) < 4.78 is 0. The number of carbonyl (C=O) groups is 1. The van der Waals surface area contributed by atoms with Crippen LogP contribution in [0.5, 0.6) is 0 Å². The van der Waals surface area contributed by atoms with Crippen molar-refractivity contribution in [1.82, 2.24) is 14.9 Å². The highest BCUT2D eigenvalue weighted by Crippen LogP contribution is 2.29. The van der Waals surface area contributed by atoms with Gasteiger partial charge < -0.3 is 14.8 Å². The van der Waals surface area contributed by atoms with E-state index >= 15 is 0 Å². The van der Waals surface area contributed by atoms with Crippen LogP contribution in [-0.2, 0) is 6.54 Å². The van der Waals surface area contributed by atoms with Crippen LogP contribution in [0.2, 0.25) is 0 Å². The van der Waals surface area contributed by atoms with Crippen LogP contribution in [0.4, 0.5) is 5.69 Å². The summed E-state index contributed by atoms with van der Waals surface area (Å²) in [6, 6.07) is 9.43. The van der Waals surface area contributed by atoms with Crippen LogP contribution in [-0.4, -0.2) is 41.9 Å². The van der Waals surface area contributed by atoms with E-state index in [1.807, 2.05) is 49.3 Å². The molecule has 3 aromatic rings. The second-order valence-electron chi connectivity index (χ2n) is 6.19. The average Bonchev–Trinajstić information content (AvgIpc) is 2.90. The van der Waals surface area contributed by atoms with Crippen molar-refractivity contribution in [2.75, 3.05) is 26.0 Å². The van der Waals surface area contributed by atoms with Crippen LogP contribution in [0.15, 0.2) is 35.1 Å². The molecule has 0 aliphatic heterocycles. The van der Waals surface area contributed by atoms with Crippen molar-refractivity contribution in [2.45, 2.75) is 13.5 Å². The fourth-order valence-corrected chi connectivity index (χ4v) is 3.86. The second kappa shape index (κ2) is 6.78. The number of anilines is 1. The van der Waals surface area contributed by atoms with Crippen molar-refractivity contribution < 1.29 is 4.79 Å². The molecule has 0 saturated heterocycles. The number of aryl methyl sites for hydroxylation is 1. The molecule has 0 radical (unpaired) electrons. The molecule has 1 amide bonds. The third-order valence-electron chi connectivity index (χ3n) is 3.96. The summed E-state index contributed by atoms with van der Waals surface area (Å²) >= 11 is 1.27. The minimum absolute atomic E-state index is 0.139. The number of H-pyrrole nitrogens is 1. The molecule has 1 N–H and O–H groups in total. The van der Waals surface area contributed by atoms with Crippen molar-refractivity contribution in [3.63, 3.8) is 0 Å². The molecule has 0 fully saturated rings. The number of hydrogen-bond donors (Lipinski definition) is 1. The molecule has 7 heteroatoms. The summed E-state index contributed by atoms with van der Waals surface area (Å²) in [5.41, 5.74) is 1.29. The molecule has 0 aliphatic carbocycles. The van der Waals surface area contributed by atoms with E-state index < -0.39 is 0 Å². The number of nitrogens with one attached hydrogen (secondary N) is 1. The number of carbonyl (C=O) groups excluding carboxylic acids is 1. The minimum Gasteiger partial charge on any atom is -0.311 e. The van der Waals surface area contributed by atoms with Crippen LogP contribution in [0.25, 0.3) is 10.2 Å². The molecule has 3 rings (SSSR count). The van der Waals surface area contributed by atoms with Crippen LogP contribution in [0.3, 0.4) is 0 Å². The number of rotatable bonds is 4. The van der Waals surface area contributed by atoms with Gasteiger partial charge in [-0.2, -0.15) is 0 Å². The predicted octanol–water partition coefficient (Wildman–Crippen LogP) is 2.63. The molecule has 0 bridgehead atoms. The first-order valence-corrected chi connectivity index (χ1v) is 8.70. The summed E-state index contributed by atoms with van der Waals surface area (Å²) in [7, 11) is 5.55. The largest absolute Gasteiger partial charge is 0.311 e. The van der Waals surface area contributed by atoms with E-state index in [4.69, 9.17) is 0 Å². The van der Waals surface area contributed by atoms with Gasteiger partial charge in [0.2, 0.25) is 0 Å². The molecule has 0 atom stereocenters. The lowest BCUT2D eigenvalue weighted by molar-refractivity contribution is 0.0996. The Morgan fingerprint density at radius 1 is 1.20 bits per heavy atom. The highest BCUT2D eigenvalue weighted by atomic mass is 32.1. The van der Waals surface area contributed by atoms with Gasteiger partial charge in [0.1, 0.15) is 10.7 Å². The Labute approximate surface area is 149 Å². The molecule has 1 aromatic carbocycles. The maximum atomic E-state index is 12.9. The van der Waals surface area contributed by atoms with E-state index in [1.165, 1.54) is 11.3 Å². The van der Waals surface area contributed by atoms with Gasteiger partial charge in [0.05, 0.1) is 16.8 Å². The van der Waals surface area contributed by atoms with Crippen LogP contribution >= 0.6 is 11.3 Å². The lowest BCUT2D eigenvalue weighted by Gasteiger charge is -2.16. The summed E-state index contributed by atoms with van der Waals surface area (Å²) in [4.78, 5) is 37.3. The average molecular weight is 356 g/mol. The Bertz CT molecular complexity index is 976. The van der Waals surface area contributed by atoms with E-state index in [0.29, 0.717) is 33.0 Å². The number of thiophene rings is 1. The number of hydrogen-bond acceptors (Lipinski definition) is 5. The lowest BCUT2D eigenvalue weighted by Crippen LogP contribution is -2.26. The number of aromatic nitrogens is 2. The lowest BCUT2D eigenvalue weighted by atomic mass is 10.2. The topological polar surface area (TPSA) is 69.3 Å². The summed E-state index contributed by atoms with van der Waals surface area (Å²) in [6.45, 7) is 2.34. The summed E-state index contributed by atoms with van der Waals surface area (Å²) in [5.74, 6) is 0.458. The quantitative estimate of drug-likeness (QED) is 0.780. The van der Waals surface area contributed by atoms with Crippen LogP contribution in [0.1, 0.15) is 21.1 Å². The maximum Gasteiger partial charge on any atom is 0.268 e. The molecule has 25 heavy (non-hydrogen) atoms. The van der Waals surface area contributed by atoms with E-state index in [0.717, 1.165) is 5.69 Å². The standard InChI is InChI=1S/C18H20N4O2S/c1-11-14-16(23)19-13(10-21(2)3)20-17(14)25-15(11)18(24)22(4)12-8-6-5-7-9-12/h5-9H,10H2,1-4H3,(H,19,20,23). The zero-order chi connectivity index (χ0) is 18.1. The molecular formula is C18H20N4O2S. The second-order valence-corrected chi connectivity index (χ2v) is 7.19. The fourth-order valence-electron chi connectivity index (χ4n) is 2.69. The van der Waals surface area contributed by atoms with Crippen LogP contribution < -0.4 is 10.5 Å². The Morgan fingerprint density at radius 3 is 2.52 bits per heavy atom. The van der Waals surface area contributed by atoms with Gasteiger partial charge in [-0.05, 0) is 38.7 Å². The maximum absolute atomic E-state index is 12.9. The van der Waals surface area contributed by atoms with Gasteiger partial charge in [-0.25, -0.2) is 4.98 Å². The van der Waals surface area contributed by atoms with E-state index in [9.17, 15) is 9.59 Å². The molecule has 2 heterocycles. The molecular weight excluding hydrogens is 336 g/mol. The predicted molar refractivity (Wildman–Crippen MR) is 102 cm³/mol. The number of amides is 1. The molecule has 0 aliphatic rings. The number of aromatic amines is 1. The highest BCUT2D eigenvalue weighted by molar-refractivity contribution is 7.20. The molecule has 0 unspecified atom stereocenters. The Balaban J connectivity index is 2.05. The number of nitrogens with zero attached hydrogens (tertiary/aromatic N) is 3. The number of para-hydroxylation sites is 1. The summed E-state index contributed by atoms with van der Waals surface area (Å²) in [6.07, 6.45) is 0.